The van der Waals surface area contributed by atoms with Gasteiger partial charge in [0.15, 0.2) is 0 Å². The van der Waals surface area contributed by atoms with E-state index in [-0.39, 0.29) is 5.91 Å². The molecule has 140 valence electrons. The van der Waals surface area contributed by atoms with Gasteiger partial charge in [0.1, 0.15) is 5.54 Å². The largest absolute Gasteiger partial charge is 0.372 e. The number of carbonyl (C=O) groups excluding carboxylic acids is 1. The average molecular weight is 362 g/mol. The third kappa shape index (κ3) is 4.56. The van der Waals surface area contributed by atoms with Gasteiger partial charge in [-0.3, -0.25) is 4.79 Å². The molecule has 0 atom stereocenters. The fourth-order valence-electron chi connectivity index (χ4n) is 3.04. The van der Waals surface area contributed by atoms with Gasteiger partial charge in [-0.1, -0.05) is 35.9 Å². The Morgan fingerprint density at radius 1 is 1.11 bits per heavy atom. The maximum absolute atomic E-state index is 13.0. The maximum Gasteiger partial charge on any atom is 0.247 e. The Hall–Kier alpha value is -3.08. The Morgan fingerprint density at radius 2 is 1.78 bits per heavy atom. The summed E-state index contributed by atoms with van der Waals surface area (Å²) in [5.74, 6) is 0.0236. The summed E-state index contributed by atoms with van der Waals surface area (Å²) in [5, 5.41) is 7.73. The second-order valence-corrected chi connectivity index (χ2v) is 7.41. The minimum absolute atomic E-state index is 0.0236. The summed E-state index contributed by atoms with van der Waals surface area (Å²) in [4.78, 5) is 14.7. The Labute approximate surface area is 160 Å². The van der Waals surface area contributed by atoms with Crippen molar-refractivity contribution in [3.63, 3.8) is 0 Å². The van der Waals surface area contributed by atoms with Gasteiger partial charge in [0.05, 0.1) is 11.9 Å². The van der Waals surface area contributed by atoms with Crippen LogP contribution in [0.2, 0.25) is 0 Å². The van der Waals surface area contributed by atoms with Crippen LogP contribution in [0.25, 0.3) is 5.69 Å². The molecule has 0 spiro atoms. The third-order valence-corrected chi connectivity index (χ3v) is 4.47. The molecule has 0 saturated heterocycles. The van der Waals surface area contributed by atoms with E-state index >= 15 is 0 Å². The van der Waals surface area contributed by atoms with Crippen molar-refractivity contribution in [3.8, 4) is 5.69 Å². The van der Waals surface area contributed by atoms with Crippen molar-refractivity contribution in [2.24, 2.45) is 0 Å². The van der Waals surface area contributed by atoms with E-state index in [9.17, 15) is 4.79 Å². The lowest BCUT2D eigenvalue weighted by molar-refractivity contribution is -0.134. The molecular formula is C22H26N4O. The van der Waals surface area contributed by atoms with Gasteiger partial charge in [-0.25, -0.2) is 4.68 Å². The smallest absolute Gasteiger partial charge is 0.247 e. The Bertz CT molecular complexity index is 898. The standard InChI is InChI=1S/C22H26N4O/c1-17-10-12-19(13-11-17)24-22(2,3)21(27)25(4)15-18-14-23-26(16-18)20-8-6-5-7-9-20/h5-14,16,24H,15H2,1-4H3. The van der Waals surface area contributed by atoms with Gasteiger partial charge in [-0.05, 0) is 45.0 Å². The molecule has 0 bridgehead atoms. The minimum Gasteiger partial charge on any atom is -0.372 e. The molecule has 3 aromatic rings. The zero-order valence-corrected chi connectivity index (χ0v) is 16.3. The van der Waals surface area contributed by atoms with Crippen molar-refractivity contribution in [1.29, 1.82) is 0 Å². The van der Waals surface area contributed by atoms with E-state index in [0.717, 1.165) is 16.9 Å². The van der Waals surface area contributed by atoms with E-state index in [4.69, 9.17) is 0 Å². The van der Waals surface area contributed by atoms with Crippen LogP contribution in [0.4, 0.5) is 5.69 Å². The van der Waals surface area contributed by atoms with Crippen molar-refractivity contribution in [2.45, 2.75) is 32.9 Å². The molecule has 0 unspecified atom stereocenters. The Morgan fingerprint density at radius 3 is 2.44 bits per heavy atom. The van der Waals surface area contributed by atoms with Crippen LogP contribution in [0.3, 0.4) is 0 Å². The van der Waals surface area contributed by atoms with Crippen LogP contribution in [0, 0.1) is 6.92 Å². The van der Waals surface area contributed by atoms with Gasteiger partial charge in [-0.15, -0.1) is 0 Å². The first-order valence-corrected chi connectivity index (χ1v) is 9.04. The number of anilines is 1. The average Bonchev–Trinajstić information content (AvgIpc) is 3.12. The van der Waals surface area contributed by atoms with Crippen molar-refractivity contribution in [1.82, 2.24) is 14.7 Å². The van der Waals surface area contributed by atoms with Gasteiger partial charge >= 0.3 is 0 Å². The summed E-state index contributed by atoms with van der Waals surface area (Å²) in [6.45, 7) is 6.35. The molecule has 2 aromatic carbocycles. The van der Waals surface area contributed by atoms with Crippen molar-refractivity contribution in [2.75, 3.05) is 12.4 Å². The SMILES string of the molecule is Cc1ccc(NC(C)(C)C(=O)N(C)Cc2cnn(-c3ccccc3)c2)cc1. The number of para-hydroxylation sites is 1. The van der Waals surface area contributed by atoms with Crippen LogP contribution < -0.4 is 5.32 Å². The van der Waals surface area contributed by atoms with E-state index < -0.39 is 5.54 Å². The fraction of sp³-hybridized carbons (Fsp3) is 0.273. The molecule has 0 fully saturated rings. The zero-order valence-electron chi connectivity index (χ0n) is 16.3. The van der Waals surface area contributed by atoms with Crippen LogP contribution in [0.5, 0.6) is 0 Å². The van der Waals surface area contributed by atoms with Gasteiger partial charge < -0.3 is 10.2 Å². The minimum atomic E-state index is -0.709. The number of benzene rings is 2. The molecule has 0 radical (unpaired) electrons. The van der Waals surface area contributed by atoms with Gasteiger partial charge in [0.25, 0.3) is 0 Å². The van der Waals surface area contributed by atoms with E-state index in [2.05, 4.69) is 10.4 Å². The first-order valence-electron chi connectivity index (χ1n) is 9.04. The van der Waals surface area contributed by atoms with Crippen LogP contribution in [-0.2, 0) is 11.3 Å². The highest BCUT2D eigenvalue weighted by Gasteiger charge is 2.30. The lowest BCUT2D eigenvalue weighted by atomic mass is 10.0. The Balaban J connectivity index is 1.66. The summed E-state index contributed by atoms with van der Waals surface area (Å²) in [5.41, 5.74) is 3.40. The number of rotatable bonds is 6. The van der Waals surface area contributed by atoms with Crippen LogP contribution in [0.15, 0.2) is 67.0 Å². The van der Waals surface area contributed by atoms with E-state index in [1.807, 2.05) is 93.3 Å². The lowest BCUT2D eigenvalue weighted by Crippen LogP contribution is -2.48. The molecule has 0 aliphatic heterocycles. The highest BCUT2D eigenvalue weighted by molar-refractivity contribution is 5.88. The van der Waals surface area contributed by atoms with Crippen molar-refractivity contribution < 1.29 is 4.79 Å². The molecule has 0 aliphatic carbocycles. The molecule has 1 amide bonds. The molecule has 1 N–H and O–H groups in total. The van der Waals surface area contributed by atoms with Gasteiger partial charge in [-0.2, -0.15) is 5.10 Å². The van der Waals surface area contributed by atoms with Crippen molar-refractivity contribution >= 4 is 11.6 Å². The quantitative estimate of drug-likeness (QED) is 0.720. The zero-order chi connectivity index (χ0) is 19.4. The maximum atomic E-state index is 13.0. The second kappa shape index (κ2) is 7.66. The number of likely N-dealkylation sites (N-methyl/N-ethyl adjacent to an activating group) is 1. The normalized spacial score (nSPS) is 11.3. The molecule has 27 heavy (non-hydrogen) atoms. The number of nitrogens with one attached hydrogen (secondary N) is 1. The van der Waals surface area contributed by atoms with Gasteiger partial charge in [0.2, 0.25) is 5.91 Å². The monoisotopic (exact) mass is 362 g/mol. The molecule has 1 heterocycles. The number of carbonyl (C=O) groups is 1. The predicted molar refractivity (Wildman–Crippen MR) is 109 cm³/mol. The second-order valence-electron chi connectivity index (χ2n) is 7.41. The summed E-state index contributed by atoms with van der Waals surface area (Å²) in [7, 11) is 1.82. The number of hydrogen-bond acceptors (Lipinski definition) is 3. The number of aryl methyl sites for hydroxylation is 1. The number of nitrogens with zero attached hydrogens (tertiary/aromatic N) is 3. The molecule has 5 heteroatoms. The predicted octanol–water partition coefficient (Wildman–Crippen LogP) is 4.03. The molecular weight excluding hydrogens is 336 g/mol. The van der Waals surface area contributed by atoms with Crippen LogP contribution in [-0.4, -0.2) is 33.2 Å². The summed E-state index contributed by atoms with van der Waals surface area (Å²) >= 11 is 0. The van der Waals surface area contributed by atoms with E-state index in [1.54, 1.807) is 11.1 Å². The topological polar surface area (TPSA) is 50.2 Å². The van der Waals surface area contributed by atoms with Crippen LogP contribution >= 0.6 is 0 Å². The summed E-state index contributed by atoms with van der Waals surface area (Å²) in [6.07, 6.45) is 3.76. The van der Waals surface area contributed by atoms with E-state index in [1.165, 1.54) is 5.56 Å². The van der Waals surface area contributed by atoms with Crippen molar-refractivity contribution in [3.05, 3.63) is 78.1 Å². The molecule has 3 rings (SSSR count). The highest BCUT2D eigenvalue weighted by atomic mass is 16.2. The molecule has 0 saturated carbocycles. The van der Waals surface area contributed by atoms with Crippen LogP contribution in [0.1, 0.15) is 25.0 Å². The van der Waals surface area contributed by atoms with Gasteiger partial charge in [0, 0.05) is 31.0 Å². The molecule has 1 aromatic heterocycles. The number of amides is 1. The summed E-state index contributed by atoms with van der Waals surface area (Å²) in [6, 6.07) is 18.0. The third-order valence-electron chi connectivity index (χ3n) is 4.47. The number of aromatic nitrogens is 2. The first-order chi connectivity index (χ1) is 12.8. The first kappa shape index (κ1) is 18.7. The highest BCUT2D eigenvalue weighted by Crippen LogP contribution is 2.19. The van der Waals surface area contributed by atoms with E-state index in [0.29, 0.717) is 6.54 Å². The molecule has 0 aliphatic rings. The Kier molecular flexibility index (Phi) is 5.31. The fourth-order valence-corrected chi connectivity index (χ4v) is 3.04. The number of hydrogen-bond donors (Lipinski definition) is 1. The molecule has 5 nitrogen and oxygen atoms in total. The summed E-state index contributed by atoms with van der Waals surface area (Å²) < 4.78 is 1.82. The lowest BCUT2D eigenvalue weighted by Gasteiger charge is -2.31.